The normalized spacial score (nSPS) is 27.9. The van der Waals surface area contributed by atoms with Gasteiger partial charge in [0.15, 0.2) is 0 Å². The van der Waals surface area contributed by atoms with Crippen molar-refractivity contribution in [3.8, 4) is 0 Å². The van der Waals surface area contributed by atoms with Crippen LogP contribution in [-0.2, 0) is 11.2 Å². The van der Waals surface area contributed by atoms with Crippen LogP contribution in [-0.4, -0.2) is 39.5 Å². The molecule has 2 bridgehead atoms. The van der Waals surface area contributed by atoms with Gasteiger partial charge in [-0.1, -0.05) is 18.2 Å². The van der Waals surface area contributed by atoms with E-state index in [1.807, 2.05) is 0 Å². The van der Waals surface area contributed by atoms with Gasteiger partial charge >= 0.3 is 5.97 Å². The van der Waals surface area contributed by atoms with Crippen LogP contribution in [0.2, 0.25) is 0 Å². The Morgan fingerprint density at radius 2 is 2.14 bits per heavy atom. The second kappa shape index (κ2) is 5.44. The van der Waals surface area contributed by atoms with E-state index in [0.29, 0.717) is 19.0 Å². The minimum absolute atomic E-state index is 0.107. The number of benzene rings is 1. The Bertz CT molecular complexity index is 575. The van der Waals surface area contributed by atoms with Crippen molar-refractivity contribution in [2.75, 3.05) is 6.54 Å². The Kier molecular flexibility index (Phi) is 3.63. The summed E-state index contributed by atoms with van der Waals surface area (Å²) in [5.41, 5.74) is 0.875. The fourth-order valence-electron chi connectivity index (χ4n) is 3.87. The number of rotatable bonds is 5. The molecule has 0 spiro atoms. The largest absolute Gasteiger partial charge is 0.481 e. The van der Waals surface area contributed by atoms with Crippen LogP contribution in [0.5, 0.6) is 0 Å². The zero-order valence-electron chi connectivity index (χ0n) is 11.6. The van der Waals surface area contributed by atoms with Crippen LogP contribution in [0.3, 0.4) is 0 Å². The molecule has 0 aromatic heterocycles. The number of nitro groups is 1. The summed E-state index contributed by atoms with van der Waals surface area (Å²) in [5.74, 6) is -0.979. The zero-order chi connectivity index (χ0) is 15.0. The van der Waals surface area contributed by atoms with Crippen molar-refractivity contribution in [1.29, 1.82) is 0 Å². The fraction of sp³-hybridized carbons (Fsp3) is 0.533. The minimum atomic E-state index is -0.710. The zero-order valence-corrected chi connectivity index (χ0v) is 11.6. The quantitative estimate of drug-likeness (QED) is 0.663. The van der Waals surface area contributed by atoms with Crippen molar-refractivity contribution in [2.45, 2.75) is 37.8 Å². The maximum absolute atomic E-state index is 11.2. The molecule has 1 aromatic rings. The highest BCUT2D eigenvalue weighted by Gasteiger charge is 2.48. The second-order valence-electron chi connectivity index (χ2n) is 5.85. The first kappa shape index (κ1) is 14.0. The van der Waals surface area contributed by atoms with Crippen molar-refractivity contribution in [2.24, 2.45) is 5.92 Å². The highest BCUT2D eigenvalue weighted by Crippen LogP contribution is 2.41. The van der Waals surface area contributed by atoms with Gasteiger partial charge < -0.3 is 5.11 Å². The molecule has 0 amide bonds. The van der Waals surface area contributed by atoms with Gasteiger partial charge in [0, 0.05) is 30.3 Å². The van der Waals surface area contributed by atoms with E-state index in [-0.39, 0.29) is 22.6 Å². The molecule has 6 heteroatoms. The molecule has 2 saturated heterocycles. The monoisotopic (exact) mass is 290 g/mol. The van der Waals surface area contributed by atoms with Crippen LogP contribution in [0.1, 0.15) is 24.8 Å². The summed E-state index contributed by atoms with van der Waals surface area (Å²) >= 11 is 0. The summed E-state index contributed by atoms with van der Waals surface area (Å²) in [4.78, 5) is 24.1. The molecule has 0 aliphatic carbocycles. The van der Waals surface area contributed by atoms with E-state index in [1.54, 1.807) is 18.2 Å². The average molecular weight is 290 g/mol. The highest BCUT2D eigenvalue weighted by atomic mass is 16.6. The Labute approximate surface area is 122 Å². The van der Waals surface area contributed by atoms with Gasteiger partial charge in [-0.3, -0.25) is 19.8 Å². The lowest BCUT2D eigenvalue weighted by Crippen LogP contribution is -2.34. The number of carboxylic acid groups (broad SMARTS) is 1. The molecule has 2 aliphatic heterocycles. The third kappa shape index (κ3) is 2.51. The molecule has 1 aromatic carbocycles. The van der Waals surface area contributed by atoms with Gasteiger partial charge in [0.1, 0.15) is 0 Å². The van der Waals surface area contributed by atoms with E-state index in [0.717, 1.165) is 24.8 Å². The number of hydrogen-bond donors (Lipinski definition) is 1. The van der Waals surface area contributed by atoms with E-state index in [4.69, 9.17) is 0 Å². The SMILES string of the molecule is O=C(O)C1CC2CCC1N2CCc1ccccc1[N+](=O)[O-]. The Morgan fingerprint density at radius 1 is 1.38 bits per heavy atom. The number of aliphatic carboxylic acids is 1. The lowest BCUT2D eigenvalue weighted by atomic mass is 9.89. The van der Waals surface area contributed by atoms with Gasteiger partial charge in [0.2, 0.25) is 0 Å². The van der Waals surface area contributed by atoms with E-state index >= 15 is 0 Å². The van der Waals surface area contributed by atoms with Crippen molar-refractivity contribution in [3.05, 3.63) is 39.9 Å². The molecule has 0 saturated carbocycles. The fourth-order valence-corrected chi connectivity index (χ4v) is 3.87. The third-order valence-corrected chi connectivity index (χ3v) is 4.83. The number of nitro benzene ring substituents is 1. The maximum atomic E-state index is 11.2. The summed E-state index contributed by atoms with van der Waals surface area (Å²) in [6, 6.07) is 7.22. The third-order valence-electron chi connectivity index (χ3n) is 4.83. The topological polar surface area (TPSA) is 83.7 Å². The van der Waals surface area contributed by atoms with E-state index in [2.05, 4.69) is 4.90 Å². The average Bonchev–Trinajstić information content (AvgIpc) is 3.02. The van der Waals surface area contributed by atoms with Crippen molar-refractivity contribution >= 4 is 11.7 Å². The Balaban J connectivity index is 1.69. The molecule has 3 atom stereocenters. The number of nitrogens with zero attached hydrogens (tertiary/aromatic N) is 2. The maximum Gasteiger partial charge on any atom is 0.308 e. The Morgan fingerprint density at radius 3 is 2.81 bits per heavy atom. The summed E-state index contributed by atoms with van der Waals surface area (Å²) in [5, 5.41) is 20.3. The van der Waals surface area contributed by atoms with Crippen molar-refractivity contribution < 1.29 is 14.8 Å². The van der Waals surface area contributed by atoms with Gasteiger partial charge in [0.05, 0.1) is 10.8 Å². The summed E-state index contributed by atoms with van der Waals surface area (Å²) in [6.07, 6.45) is 3.29. The first-order valence-electron chi connectivity index (χ1n) is 7.29. The predicted octanol–water partition coefficient (Wildman–Crippen LogP) is 2.07. The molecule has 2 heterocycles. The van der Waals surface area contributed by atoms with Gasteiger partial charge in [-0.05, 0) is 25.7 Å². The standard InChI is InChI=1S/C15H18N2O4/c18-15(19)12-9-11-5-6-14(12)16(11)8-7-10-3-1-2-4-13(10)17(20)21/h1-4,11-12,14H,5-9H2,(H,18,19). The molecular weight excluding hydrogens is 272 g/mol. The number of para-hydroxylation sites is 1. The molecule has 112 valence electrons. The van der Waals surface area contributed by atoms with Crippen LogP contribution in [0.25, 0.3) is 0 Å². The van der Waals surface area contributed by atoms with E-state index < -0.39 is 5.97 Å². The predicted molar refractivity (Wildman–Crippen MR) is 76.1 cm³/mol. The van der Waals surface area contributed by atoms with Crippen LogP contribution >= 0.6 is 0 Å². The molecule has 2 aliphatic rings. The summed E-state index contributed by atoms with van der Waals surface area (Å²) in [7, 11) is 0. The first-order chi connectivity index (χ1) is 10.1. The Hall–Kier alpha value is -1.95. The van der Waals surface area contributed by atoms with E-state index in [9.17, 15) is 20.0 Å². The molecule has 2 fully saturated rings. The van der Waals surface area contributed by atoms with Crippen LogP contribution in [0.4, 0.5) is 5.69 Å². The highest BCUT2D eigenvalue weighted by molar-refractivity contribution is 5.71. The number of carboxylic acids is 1. The lowest BCUT2D eigenvalue weighted by molar-refractivity contribution is -0.385. The summed E-state index contributed by atoms with van der Waals surface area (Å²) < 4.78 is 0. The molecule has 6 nitrogen and oxygen atoms in total. The molecule has 21 heavy (non-hydrogen) atoms. The van der Waals surface area contributed by atoms with Crippen LogP contribution < -0.4 is 0 Å². The van der Waals surface area contributed by atoms with Crippen molar-refractivity contribution in [3.63, 3.8) is 0 Å². The molecule has 3 rings (SSSR count). The molecule has 1 N–H and O–H groups in total. The van der Waals surface area contributed by atoms with E-state index in [1.165, 1.54) is 6.07 Å². The smallest absolute Gasteiger partial charge is 0.308 e. The molecular formula is C15H18N2O4. The van der Waals surface area contributed by atoms with Gasteiger partial charge in [-0.15, -0.1) is 0 Å². The second-order valence-corrected chi connectivity index (χ2v) is 5.85. The minimum Gasteiger partial charge on any atom is -0.481 e. The number of fused-ring (bicyclic) bond motifs is 2. The molecule has 0 radical (unpaired) electrons. The van der Waals surface area contributed by atoms with Crippen molar-refractivity contribution in [1.82, 2.24) is 4.90 Å². The van der Waals surface area contributed by atoms with Crippen LogP contribution in [0.15, 0.2) is 24.3 Å². The lowest BCUT2D eigenvalue weighted by Gasteiger charge is -2.22. The van der Waals surface area contributed by atoms with Gasteiger partial charge in [-0.25, -0.2) is 0 Å². The number of hydrogen-bond acceptors (Lipinski definition) is 4. The van der Waals surface area contributed by atoms with Crippen LogP contribution in [0, 0.1) is 16.0 Å². The first-order valence-corrected chi connectivity index (χ1v) is 7.29. The molecule has 3 unspecified atom stereocenters. The summed E-state index contributed by atoms with van der Waals surface area (Å²) in [6.45, 7) is 0.698. The van der Waals surface area contributed by atoms with Gasteiger partial charge in [0.25, 0.3) is 5.69 Å². The number of carbonyl (C=O) groups is 1. The van der Waals surface area contributed by atoms with Gasteiger partial charge in [-0.2, -0.15) is 0 Å².